The molecule has 1 amide bonds. The van der Waals surface area contributed by atoms with E-state index >= 15 is 0 Å². The third-order valence-corrected chi connectivity index (χ3v) is 5.34. The minimum atomic E-state index is -0.452. The number of carbonyl (C=O) groups excluding carboxylic acids is 1. The van der Waals surface area contributed by atoms with Crippen LogP contribution in [0.2, 0.25) is 0 Å². The van der Waals surface area contributed by atoms with Gasteiger partial charge < -0.3 is 19.6 Å². The van der Waals surface area contributed by atoms with Crippen LogP contribution in [0, 0.1) is 6.92 Å². The van der Waals surface area contributed by atoms with Crippen LogP contribution in [0.15, 0.2) is 24.3 Å². The van der Waals surface area contributed by atoms with Gasteiger partial charge in [-0.1, -0.05) is 24.3 Å². The number of aliphatic hydroxyl groups is 1. The number of nitrogens with zero attached hydrogens (tertiary/aromatic N) is 2. The molecule has 1 N–H and O–H groups in total. The predicted octanol–water partition coefficient (Wildman–Crippen LogP) is 1.96. The molecule has 1 atom stereocenters. The second-order valence-electron chi connectivity index (χ2n) is 7.33. The van der Waals surface area contributed by atoms with Crippen LogP contribution in [0.4, 0.5) is 0 Å². The highest BCUT2D eigenvalue weighted by Gasteiger charge is 2.25. The van der Waals surface area contributed by atoms with Gasteiger partial charge in [0.05, 0.1) is 18.8 Å². The number of ether oxygens (including phenoxy) is 1. The fourth-order valence-electron chi connectivity index (χ4n) is 3.75. The molecule has 2 aliphatic heterocycles. The van der Waals surface area contributed by atoms with Crippen molar-refractivity contribution in [2.24, 2.45) is 0 Å². The average Bonchev–Trinajstić information content (AvgIpc) is 3.00. The summed E-state index contributed by atoms with van der Waals surface area (Å²) < 4.78 is 6.08. The first-order chi connectivity index (χ1) is 12.1. The molecule has 0 radical (unpaired) electrons. The molecule has 25 heavy (non-hydrogen) atoms. The largest absolute Gasteiger partial charge is 0.390 e. The molecule has 0 spiro atoms. The zero-order chi connectivity index (χ0) is 17.6. The van der Waals surface area contributed by atoms with E-state index in [2.05, 4.69) is 36.1 Å². The second-order valence-corrected chi connectivity index (χ2v) is 7.33. The number of hydrogen-bond donors (Lipinski definition) is 1. The number of aryl methyl sites for hydroxylation is 1. The van der Waals surface area contributed by atoms with Gasteiger partial charge in [-0.2, -0.15) is 0 Å². The van der Waals surface area contributed by atoms with Crippen molar-refractivity contribution in [3.8, 4) is 0 Å². The fraction of sp³-hybridized carbons (Fsp3) is 0.650. The molecule has 1 aromatic carbocycles. The van der Waals surface area contributed by atoms with E-state index in [4.69, 9.17) is 4.74 Å². The van der Waals surface area contributed by atoms with Crippen molar-refractivity contribution < 1.29 is 14.6 Å². The zero-order valence-corrected chi connectivity index (χ0v) is 15.2. The van der Waals surface area contributed by atoms with Gasteiger partial charge in [0, 0.05) is 39.1 Å². The molecule has 3 rings (SSSR count). The number of carbonyl (C=O) groups is 1. The fourth-order valence-corrected chi connectivity index (χ4v) is 3.75. The van der Waals surface area contributed by atoms with Crippen molar-refractivity contribution in [1.29, 1.82) is 0 Å². The highest BCUT2D eigenvalue weighted by Crippen LogP contribution is 2.18. The van der Waals surface area contributed by atoms with Crippen molar-refractivity contribution in [1.82, 2.24) is 9.80 Å². The van der Waals surface area contributed by atoms with Gasteiger partial charge >= 0.3 is 0 Å². The first kappa shape index (κ1) is 18.4. The molecule has 138 valence electrons. The standard InChI is InChI=1S/C20H30N2O3/c1-16-5-2-3-6-17(16)15-25-19-8-11-21(12-9-19)13-18(23)14-22-10-4-7-20(22)24/h2-3,5-6,18-19,23H,4,7-15H2,1H3. The van der Waals surface area contributed by atoms with E-state index in [0.29, 0.717) is 32.2 Å². The Labute approximate surface area is 150 Å². The number of β-amino-alcohol motifs (C(OH)–C–C–N with tert-alkyl or cyclic N) is 1. The molecule has 0 saturated carbocycles. The first-order valence-corrected chi connectivity index (χ1v) is 9.46. The Morgan fingerprint density at radius 1 is 1.20 bits per heavy atom. The molecule has 0 aromatic heterocycles. The summed E-state index contributed by atoms with van der Waals surface area (Å²) in [6, 6.07) is 8.35. The maximum absolute atomic E-state index is 11.6. The Bertz CT molecular complexity index is 570. The van der Waals surface area contributed by atoms with E-state index in [1.54, 1.807) is 4.90 Å². The molecule has 0 bridgehead atoms. The van der Waals surface area contributed by atoms with Gasteiger partial charge in [0.1, 0.15) is 0 Å². The normalized spacial score (nSPS) is 21.0. The van der Waals surface area contributed by atoms with E-state index in [1.165, 1.54) is 11.1 Å². The van der Waals surface area contributed by atoms with Crippen LogP contribution in [0.1, 0.15) is 36.8 Å². The lowest BCUT2D eigenvalue weighted by Gasteiger charge is -2.33. The molecule has 1 aromatic rings. The summed E-state index contributed by atoms with van der Waals surface area (Å²) in [6.45, 7) is 6.61. The van der Waals surface area contributed by atoms with Crippen LogP contribution >= 0.6 is 0 Å². The van der Waals surface area contributed by atoms with Gasteiger partial charge in [0.25, 0.3) is 0 Å². The van der Waals surface area contributed by atoms with Crippen molar-refractivity contribution in [3.63, 3.8) is 0 Å². The number of hydrogen-bond acceptors (Lipinski definition) is 4. The molecule has 5 nitrogen and oxygen atoms in total. The lowest BCUT2D eigenvalue weighted by atomic mass is 10.1. The summed E-state index contributed by atoms with van der Waals surface area (Å²) >= 11 is 0. The topological polar surface area (TPSA) is 53.0 Å². The number of aliphatic hydroxyl groups excluding tert-OH is 1. The SMILES string of the molecule is Cc1ccccc1COC1CCN(CC(O)CN2CCCC2=O)CC1. The quantitative estimate of drug-likeness (QED) is 0.820. The van der Waals surface area contributed by atoms with Gasteiger partial charge in [-0.15, -0.1) is 0 Å². The molecule has 1 unspecified atom stereocenters. The lowest BCUT2D eigenvalue weighted by molar-refractivity contribution is -0.129. The summed E-state index contributed by atoms with van der Waals surface area (Å²) in [5.41, 5.74) is 2.54. The van der Waals surface area contributed by atoms with Gasteiger partial charge in [0.15, 0.2) is 0 Å². The van der Waals surface area contributed by atoms with E-state index in [0.717, 1.165) is 38.9 Å². The van der Waals surface area contributed by atoms with Gasteiger partial charge in [0.2, 0.25) is 5.91 Å². The Morgan fingerprint density at radius 3 is 2.64 bits per heavy atom. The van der Waals surface area contributed by atoms with E-state index in [1.807, 2.05) is 0 Å². The molecule has 2 saturated heterocycles. The molecule has 2 aliphatic rings. The van der Waals surface area contributed by atoms with Crippen LogP contribution in [0.5, 0.6) is 0 Å². The minimum absolute atomic E-state index is 0.183. The van der Waals surface area contributed by atoms with Crippen molar-refractivity contribution in [3.05, 3.63) is 35.4 Å². The first-order valence-electron chi connectivity index (χ1n) is 9.46. The van der Waals surface area contributed by atoms with Crippen LogP contribution in [-0.4, -0.2) is 65.7 Å². The number of piperidine rings is 1. The average molecular weight is 346 g/mol. The summed E-state index contributed by atoms with van der Waals surface area (Å²) in [5, 5.41) is 10.3. The summed E-state index contributed by atoms with van der Waals surface area (Å²) in [4.78, 5) is 15.7. The number of likely N-dealkylation sites (tertiary alicyclic amines) is 2. The smallest absolute Gasteiger partial charge is 0.222 e. The summed E-state index contributed by atoms with van der Waals surface area (Å²) in [5.74, 6) is 0.183. The van der Waals surface area contributed by atoms with Crippen LogP contribution < -0.4 is 0 Å². The monoisotopic (exact) mass is 346 g/mol. The molecule has 5 heteroatoms. The minimum Gasteiger partial charge on any atom is -0.390 e. The third-order valence-electron chi connectivity index (χ3n) is 5.34. The van der Waals surface area contributed by atoms with Gasteiger partial charge in [-0.05, 0) is 37.3 Å². The summed E-state index contributed by atoms with van der Waals surface area (Å²) in [7, 11) is 0. The van der Waals surface area contributed by atoms with Crippen molar-refractivity contribution in [2.45, 2.75) is 51.4 Å². The molecular formula is C20H30N2O3. The maximum atomic E-state index is 11.6. The Morgan fingerprint density at radius 2 is 1.96 bits per heavy atom. The molecule has 2 fully saturated rings. The second kappa shape index (κ2) is 8.79. The third kappa shape index (κ3) is 5.27. The predicted molar refractivity (Wildman–Crippen MR) is 97.3 cm³/mol. The number of amides is 1. The van der Waals surface area contributed by atoms with Crippen LogP contribution in [0.3, 0.4) is 0 Å². The van der Waals surface area contributed by atoms with Crippen molar-refractivity contribution in [2.75, 3.05) is 32.7 Å². The lowest BCUT2D eigenvalue weighted by Crippen LogP contribution is -2.44. The highest BCUT2D eigenvalue weighted by atomic mass is 16.5. The van der Waals surface area contributed by atoms with Gasteiger partial charge in [-0.3, -0.25) is 4.79 Å². The molecular weight excluding hydrogens is 316 g/mol. The maximum Gasteiger partial charge on any atom is 0.222 e. The van der Waals surface area contributed by atoms with Crippen LogP contribution in [-0.2, 0) is 16.1 Å². The molecule has 2 heterocycles. The Balaban J connectivity index is 1.35. The van der Waals surface area contributed by atoms with E-state index in [-0.39, 0.29) is 5.91 Å². The zero-order valence-electron chi connectivity index (χ0n) is 15.2. The Kier molecular flexibility index (Phi) is 6.45. The molecule has 0 aliphatic carbocycles. The van der Waals surface area contributed by atoms with E-state index < -0.39 is 6.10 Å². The Hall–Kier alpha value is -1.43. The number of benzene rings is 1. The highest BCUT2D eigenvalue weighted by molar-refractivity contribution is 5.78. The van der Waals surface area contributed by atoms with Crippen LogP contribution in [0.25, 0.3) is 0 Å². The van der Waals surface area contributed by atoms with Gasteiger partial charge in [-0.25, -0.2) is 0 Å². The van der Waals surface area contributed by atoms with E-state index in [9.17, 15) is 9.90 Å². The summed E-state index contributed by atoms with van der Waals surface area (Å²) in [6.07, 6.45) is 3.41. The number of rotatable bonds is 7. The van der Waals surface area contributed by atoms with Crippen molar-refractivity contribution >= 4 is 5.91 Å².